The van der Waals surface area contributed by atoms with Crippen molar-refractivity contribution in [2.24, 2.45) is 0 Å². The molecule has 0 fully saturated rings. The molecule has 7 heteroatoms. The number of hydrogen-bond acceptors (Lipinski definition) is 5. The van der Waals surface area contributed by atoms with Crippen LogP contribution in [0.1, 0.15) is 20.7 Å². The van der Waals surface area contributed by atoms with Gasteiger partial charge >= 0.3 is 5.97 Å². The second-order valence-corrected chi connectivity index (χ2v) is 6.87. The van der Waals surface area contributed by atoms with E-state index in [1.165, 1.54) is 11.8 Å². The van der Waals surface area contributed by atoms with Crippen LogP contribution in [0, 0.1) is 0 Å². The van der Waals surface area contributed by atoms with Gasteiger partial charge in [-0.3, -0.25) is 19.3 Å². The largest absolute Gasteiger partial charge is 0.463 e. The molecule has 0 unspecified atom stereocenters. The van der Waals surface area contributed by atoms with E-state index in [0.29, 0.717) is 21.9 Å². The van der Waals surface area contributed by atoms with Gasteiger partial charge in [0.25, 0.3) is 11.8 Å². The molecule has 0 radical (unpaired) electrons. The summed E-state index contributed by atoms with van der Waals surface area (Å²) in [7, 11) is 0. The van der Waals surface area contributed by atoms with Gasteiger partial charge < -0.3 is 4.74 Å². The number of halogens is 1. The number of carbonyl (C=O) groups is 3. The fraction of sp³-hybridized carbons (Fsp3) is 0.167. The number of imide groups is 1. The van der Waals surface area contributed by atoms with Gasteiger partial charge in [0.1, 0.15) is 13.2 Å². The third kappa shape index (κ3) is 4.03. The maximum atomic E-state index is 12.2. The Hall–Kier alpha value is -2.31. The SMILES string of the molecule is O=C(CN1C(=O)c2ccccc2C1=O)OCCSc1ccc(Cl)cc1. The Bertz CT molecular complexity index is 787. The highest BCUT2D eigenvalue weighted by Crippen LogP contribution is 2.22. The number of ether oxygens (including phenoxy) is 1. The second-order valence-electron chi connectivity index (χ2n) is 5.26. The van der Waals surface area contributed by atoms with Crippen LogP contribution in [0.15, 0.2) is 53.4 Å². The van der Waals surface area contributed by atoms with Crippen molar-refractivity contribution in [1.29, 1.82) is 0 Å². The lowest BCUT2D eigenvalue weighted by Crippen LogP contribution is -2.35. The number of fused-ring (bicyclic) bond motifs is 1. The van der Waals surface area contributed by atoms with Gasteiger partial charge in [0.2, 0.25) is 0 Å². The Kier molecular flexibility index (Phi) is 5.40. The minimum Gasteiger partial charge on any atom is -0.463 e. The average molecular weight is 376 g/mol. The maximum Gasteiger partial charge on any atom is 0.326 e. The summed E-state index contributed by atoms with van der Waals surface area (Å²) in [6, 6.07) is 13.9. The molecule has 128 valence electrons. The third-order valence-corrected chi connectivity index (χ3v) is 4.82. The van der Waals surface area contributed by atoms with Gasteiger partial charge in [0, 0.05) is 15.7 Å². The first kappa shape index (κ1) is 17.5. The van der Waals surface area contributed by atoms with Crippen LogP contribution in [-0.4, -0.2) is 41.6 Å². The third-order valence-electron chi connectivity index (χ3n) is 3.59. The molecule has 0 N–H and O–H groups in total. The zero-order valence-electron chi connectivity index (χ0n) is 13.1. The molecule has 5 nitrogen and oxygen atoms in total. The molecular weight excluding hydrogens is 362 g/mol. The first-order valence-corrected chi connectivity index (χ1v) is 8.92. The summed E-state index contributed by atoms with van der Waals surface area (Å²) >= 11 is 7.34. The molecule has 2 aromatic rings. The minimum atomic E-state index is -0.605. The number of rotatable bonds is 6. The van der Waals surface area contributed by atoms with Crippen LogP contribution in [0.3, 0.4) is 0 Å². The van der Waals surface area contributed by atoms with Crippen molar-refractivity contribution in [2.45, 2.75) is 4.90 Å². The molecule has 1 aliphatic rings. The van der Waals surface area contributed by atoms with Crippen molar-refractivity contribution in [3.05, 3.63) is 64.7 Å². The quantitative estimate of drug-likeness (QED) is 0.335. The Morgan fingerprint density at radius 3 is 2.20 bits per heavy atom. The van der Waals surface area contributed by atoms with E-state index in [1.54, 1.807) is 36.4 Å². The van der Waals surface area contributed by atoms with E-state index in [4.69, 9.17) is 16.3 Å². The lowest BCUT2D eigenvalue weighted by atomic mass is 10.1. The van der Waals surface area contributed by atoms with Crippen molar-refractivity contribution in [1.82, 2.24) is 4.90 Å². The van der Waals surface area contributed by atoms with Crippen LogP contribution in [0.5, 0.6) is 0 Å². The molecule has 0 saturated heterocycles. The monoisotopic (exact) mass is 375 g/mol. The fourth-order valence-electron chi connectivity index (χ4n) is 2.40. The van der Waals surface area contributed by atoms with E-state index in [0.717, 1.165) is 9.80 Å². The van der Waals surface area contributed by atoms with Gasteiger partial charge in [0.15, 0.2) is 0 Å². The highest BCUT2D eigenvalue weighted by molar-refractivity contribution is 7.99. The van der Waals surface area contributed by atoms with Crippen LogP contribution in [0.4, 0.5) is 0 Å². The second kappa shape index (κ2) is 7.72. The number of benzene rings is 2. The minimum absolute atomic E-state index is 0.190. The number of thioether (sulfide) groups is 1. The number of carbonyl (C=O) groups excluding carboxylic acids is 3. The molecule has 0 spiro atoms. The van der Waals surface area contributed by atoms with E-state index in [-0.39, 0.29) is 13.2 Å². The van der Waals surface area contributed by atoms with Crippen LogP contribution < -0.4 is 0 Å². The summed E-state index contributed by atoms with van der Waals surface area (Å²) in [5.41, 5.74) is 0.636. The van der Waals surface area contributed by atoms with E-state index in [1.807, 2.05) is 12.1 Å². The van der Waals surface area contributed by atoms with Crippen molar-refractivity contribution < 1.29 is 19.1 Å². The van der Waals surface area contributed by atoms with Crippen LogP contribution in [-0.2, 0) is 9.53 Å². The standard InChI is InChI=1S/C18H14ClNO4S/c19-12-5-7-13(8-6-12)25-10-9-24-16(21)11-20-17(22)14-3-1-2-4-15(14)18(20)23/h1-8H,9-11H2. The van der Waals surface area contributed by atoms with E-state index >= 15 is 0 Å². The summed E-state index contributed by atoms with van der Waals surface area (Å²) in [5, 5.41) is 0.664. The Morgan fingerprint density at radius 1 is 1.00 bits per heavy atom. The first-order valence-electron chi connectivity index (χ1n) is 7.55. The summed E-state index contributed by atoms with van der Waals surface area (Å²) in [6.45, 7) is -0.187. The molecule has 0 saturated carbocycles. The number of esters is 1. The Balaban J connectivity index is 1.46. The van der Waals surface area contributed by atoms with Gasteiger partial charge in [0.05, 0.1) is 11.1 Å². The van der Waals surface area contributed by atoms with Gasteiger partial charge in [-0.15, -0.1) is 11.8 Å². The molecule has 1 aliphatic heterocycles. The molecule has 0 atom stereocenters. The lowest BCUT2D eigenvalue weighted by Gasteiger charge is -2.13. The van der Waals surface area contributed by atoms with E-state index in [9.17, 15) is 14.4 Å². The average Bonchev–Trinajstić information content (AvgIpc) is 2.86. The predicted molar refractivity (Wildman–Crippen MR) is 94.9 cm³/mol. The Morgan fingerprint density at radius 2 is 1.60 bits per heavy atom. The summed E-state index contributed by atoms with van der Waals surface area (Å²) in [6.07, 6.45) is 0. The normalized spacial score (nSPS) is 13.1. The van der Waals surface area contributed by atoms with Crippen molar-refractivity contribution >= 4 is 41.1 Å². The van der Waals surface area contributed by atoms with Gasteiger partial charge in [-0.1, -0.05) is 23.7 Å². The van der Waals surface area contributed by atoms with E-state index < -0.39 is 17.8 Å². The number of amides is 2. The lowest BCUT2D eigenvalue weighted by molar-refractivity contribution is -0.143. The Labute approximate surface area is 153 Å². The van der Waals surface area contributed by atoms with E-state index in [2.05, 4.69) is 0 Å². The maximum absolute atomic E-state index is 12.2. The molecule has 2 aromatic carbocycles. The zero-order chi connectivity index (χ0) is 17.8. The van der Waals surface area contributed by atoms with Gasteiger partial charge in [-0.05, 0) is 36.4 Å². The van der Waals surface area contributed by atoms with Crippen molar-refractivity contribution in [3.63, 3.8) is 0 Å². The summed E-state index contributed by atoms with van der Waals surface area (Å²) in [5.74, 6) is -0.970. The highest BCUT2D eigenvalue weighted by Gasteiger charge is 2.36. The van der Waals surface area contributed by atoms with Gasteiger partial charge in [-0.25, -0.2) is 0 Å². The zero-order valence-corrected chi connectivity index (χ0v) is 14.7. The van der Waals surface area contributed by atoms with Crippen LogP contribution in [0.25, 0.3) is 0 Å². The van der Waals surface area contributed by atoms with Crippen LogP contribution >= 0.6 is 23.4 Å². The molecule has 0 aliphatic carbocycles. The molecule has 2 amide bonds. The number of nitrogens with zero attached hydrogens (tertiary/aromatic N) is 1. The predicted octanol–water partition coefficient (Wildman–Crippen LogP) is 3.27. The van der Waals surface area contributed by atoms with Crippen LogP contribution in [0.2, 0.25) is 5.02 Å². The molecule has 25 heavy (non-hydrogen) atoms. The highest BCUT2D eigenvalue weighted by atomic mass is 35.5. The number of hydrogen-bond donors (Lipinski definition) is 0. The topological polar surface area (TPSA) is 63.7 Å². The smallest absolute Gasteiger partial charge is 0.326 e. The summed E-state index contributed by atoms with van der Waals surface area (Å²) in [4.78, 5) is 38.2. The van der Waals surface area contributed by atoms with Crippen molar-refractivity contribution in [2.75, 3.05) is 18.9 Å². The molecule has 0 aromatic heterocycles. The first-order chi connectivity index (χ1) is 12.1. The molecule has 0 bridgehead atoms. The molecule has 1 heterocycles. The van der Waals surface area contributed by atoms with Crippen molar-refractivity contribution in [3.8, 4) is 0 Å². The molecular formula is C18H14ClNO4S. The summed E-state index contributed by atoms with van der Waals surface area (Å²) < 4.78 is 5.11. The van der Waals surface area contributed by atoms with Gasteiger partial charge in [-0.2, -0.15) is 0 Å². The molecule has 3 rings (SSSR count). The fourth-order valence-corrected chi connectivity index (χ4v) is 3.26.